The molecule has 3 fully saturated rings. The number of halogens is 3. The molecule has 3 aromatic rings. The third-order valence-corrected chi connectivity index (χ3v) is 7.80. The number of methoxy groups -OCH3 is 1. The molecule has 1 aromatic carbocycles. The van der Waals surface area contributed by atoms with Crippen LogP contribution in [0.4, 0.5) is 19.0 Å². The topological polar surface area (TPSA) is 77.7 Å². The van der Waals surface area contributed by atoms with Gasteiger partial charge in [-0.3, -0.25) is 0 Å². The van der Waals surface area contributed by atoms with E-state index in [-0.39, 0.29) is 47.7 Å². The summed E-state index contributed by atoms with van der Waals surface area (Å²) in [5.41, 5.74) is 0.385. The highest BCUT2D eigenvalue weighted by molar-refractivity contribution is 5.87. The summed E-state index contributed by atoms with van der Waals surface area (Å²) >= 11 is 0. The van der Waals surface area contributed by atoms with E-state index in [0.717, 1.165) is 50.4 Å². The van der Waals surface area contributed by atoms with Crippen LogP contribution in [0.3, 0.4) is 0 Å². The lowest BCUT2D eigenvalue weighted by Gasteiger charge is -2.39. The van der Waals surface area contributed by atoms with Crippen LogP contribution in [0.2, 0.25) is 0 Å². The highest BCUT2D eigenvalue weighted by Crippen LogP contribution is 2.46. The lowest BCUT2D eigenvalue weighted by atomic mass is 9.98. The number of nitrogens with zero attached hydrogens (tertiary/aromatic N) is 3. The largest absolute Gasteiger partial charge is 0.464 e. The van der Waals surface area contributed by atoms with Crippen molar-refractivity contribution < 1.29 is 32.0 Å². The van der Waals surface area contributed by atoms with Gasteiger partial charge in [-0.2, -0.15) is 13.2 Å². The second-order valence-electron chi connectivity index (χ2n) is 10.3. The average Bonchev–Trinajstić information content (AvgIpc) is 3.62. The summed E-state index contributed by atoms with van der Waals surface area (Å²) < 4.78 is 58.1. The molecule has 6 rings (SSSR count). The number of carbonyl (C=O) groups excluding carboxylic acids is 1. The van der Waals surface area contributed by atoms with E-state index in [1.54, 1.807) is 12.1 Å². The van der Waals surface area contributed by atoms with Gasteiger partial charge in [-0.1, -0.05) is 29.4 Å². The van der Waals surface area contributed by atoms with Crippen molar-refractivity contribution in [1.29, 1.82) is 0 Å². The Hall–Kier alpha value is -3.40. The number of carbonyl (C=O) groups is 1. The number of aromatic nitrogens is 2. The smallest absolute Gasteiger partial charge is 0.417 e. The first-order valence-electron chi connectivity index (χ1n) is 12.9. The van der Waals surface area contributed by atoms with Crippen LogP contribution in [0.5, 0.6) is 0 Å². The number of fused-ring (bicyclic) bond motifs is 2. The van der Waals surface area contributed by atoms with Gasteiger partial charge >= 0.3 is 12.1 Å². The van der Waals surface area contributed by atoms with Gasteiger partial charge in [0.15, 0.2) is 5.69 Å². The van der Waals surface area contributed by atoms with E-state index < -0.39 is 17.7 Å². The molecule has 1 aliphatic carbocycles. The van der Waals surface area contributed by atoms with Crippen molar-refractivity contribution in [3.8, 4) is 11.3 Å². The number of ether oxygens (including phenoxy) is 2. The van der Waals surface area contributed by atoms with Crippen LogP contribution in [-0.4, -0.2) is 41.4 Å². The van der Waals surface area contributed by atoms with Gasteiger partial charge in [0.1, 0.15) is 17.3 Å². The average molecular weight is 528 g/mol. The van der Waals surface area contributed by atoms with Gasteiger partial charge in [0.2, 0.25) is 0 Å². The molecule has 4 heterocycles. The van der Waals surface area contributed by atoms with E-state index in [2.05, 4.69) is 15.0 Å². The van der Waals surface area contributed by atoms with Gasteiger partial charge in [0.05, 0.1) is 25.4 Å². The zero-order chi connectivity index (χ0) is 26.4. The molecule has 2 bridgehead atoms. The number of hydrogen-bond acceptors (Lipinski definition) is 7. The molecule has 3 aliphatic rings. The van der Waals surface area contributed by atoms with Gasteiger partial charge < -0.3 is 18.9 Å². The molecule has 1 saturated carbocycles. The number of rotatable bonds is 7. The highest BCUT2D eigenvalue weighted by atomic mass is 19.4. The quantitative estimate of drug-likeness (QED) is 0.342. The van der Waals surface area contributed by atoms with Crippen LogP contribution in [0, 0.1) is 0 Å². The SMILES string of the molecule is COC(=O)c1cccc(N2C3CC[C@H]2CC(OCc2c(-c4ccccc4C(F)(F)F)noc2C2CC2)C3)n1. The van der Waals surface area contributed by atoms with Gasteiger partial charge in [0, 0.05) is 29.1 Å². The fourth-order valence-electron chi connectivity index (χ4n) is 5.90. The first-order valence-corrected chi connectivity index (χ1v) is 12.9. The lowest BCUT2D eigenvalue weighted by molar-refractivity contribution is -0.137. The van der Waals surface area contributed by atoms with E-state index in [4.69, 9.17) is 14.0 Å². The van der Waals surface area contributed by atoms with Gasteiger partial charge in [-0.25, -0.2) is 9.78 Å². The van der Waals surface area contributed by atoms with Gasteiger partial charge in [-0.05, 0) is 56.7 Å². The fourth-order valence-corrected chi connectivity index (χ4v) is 5.90. The van der Waals surface area contributed by atoms with Crippen LogP contribution in [0.1, 0.15) is 71.8 Å². The van der Waals surface area contributed by atoms with Crippen LogP contribution < -0.4 is 4.90 Å². The van der Waals surface area contributed by atoms with E-state index in [1.807, 2.05) is 12.1 Å². The molecule has 2 unspecified atom stereocenters. The number of esters is 1. The third-order valence-electron chi connectivity index (χ3n) is 7.80. The summed E-state index contributed by atoms with van der Waals surface area (Å²) in [6.07, 6.45) is 0.807. The number of anilines is 1. The Bertz CT molecular complexity index is 1320. The molecule has 38 heavy (non-hydrogen) atoms. The Morgan fingerprint density at radius 3 is 2.47 bits per heavy atom. The van der Waals surface area contributed by atoms with Gasteiger partial charge in [0.25, 0.3) is 0 Å². The minimum Gasteiger partial charge on any atom is -0.464 e. The minimum absolute atomic E-state index is 0.0145. The molecule has 7 nitrogen and oxygen atoms in total. The third kappa shape index (κ3) is 4.66. The van der Waals surface area contributed by atoms with E-state index in [0.29, 0.717) is 11.3 Å². The second kappa shape index (κ2) is 9.72. The molecule has 2 saturated heterocycles. The number of hydrogen-bond donors (Lipinski definition) is 0. The normalized spacial score (nSPS) is 23.1. The van der Waals surface area contributed by atoms with Crippen molar-refractivity contribution in [2.75, 3.05) is 12.0 Å². The monoisotopic (exact) mass is 527 g/mol. The summed E-state index contributed by atoms with van der Waals surface area (Å²) in [5, 5.41) is 4.10. The molecule has 3 atom stereocenters. The summed E-state index contributed by atoms with van der Waals surface area (Å²) in [7, 11) is 1.33. The molecule has 0 N–H and O–H groups in total. The van der Waals surface area contributed by atoms with Crippen molar-refractivity contribution in [2.45, 2.75) is 75.4 Å². The maximum absolute atomic E-state index is 13.8. The molecule has 2 aliphatic heterocycles. The Morgan fingerprint density at radius 1 is 1.05 bits per heavy atom. The van der Waals surface area contributed by atoms with Crippen molar-refractivity contribution in [3.05, 3.63) is 65.0 Å². The number of pyridine rings is 1. The van der Waals surface area contributed by atoms with Crippen LogP contribution in [0.25, 0.3) is 11.3 Å². The second-order valence-corrected chi connectivity index (χ2v) is 10.3. The molecule has 0 radical (unpaired) electrons. The zero-order valence-corrected chi connectivity index (χ0v) is 20.9. The van der Waals surface area contributed by atoms with Crippen LogP contribution in [-0.2, 0) is 22.3 Å². The Kier molecular flexibility index (Phi) is 6.37. The molecule has 2 aromatic heterocycles. The first kappa shape index (κ1) is 24.9. The molecule has 10 heteroatoms. The molecule has 0 spiro atoms. The number of piperidine rings is 1. The summed E-state index contributed by atoms with van der Waals surface area (Å²) in [6.45, 7) is 0.150. The predicted molar refractivity (Wildman–Crippen MR) is 132 cm³/mol. The summed E-state index contributed by atoms with van der Waals surface area (Å²) in [6, 6.07) is 11.2. The Labute approximate surface area is 217 Å². The molecular formula is C28H28F3N3O4. The maximum atomic E-state index is 13.8. The standard InChI is InChI=1S/C28H28F3N3O4/c1-36-27(35)23-7-4-8-24(32-23)34-17-11-12-18(34)14-19(13-17)37-15-21-25(33-38-26(21)16-9-10-16)20-5-2-3-6-22(20)28(29,30)31/h2-8,16-19H,9-15H2,1H3/t17-,18?,19?/m0/s1. The van der Waals surface area contributed by atoms with Crippen LogP contribution in [0.15, 0.2) is 47.0 Å². The van der Waals surface area contributed by atoms with Gasteiger partial charge in [-0.15, -0.1) is 0 Å². The van der Waals surface area contributed by atoms with E-state index in [1.165, 1.54) is 19.2 Å². The Balaban J connectivity index is 1.21. The van der Waals surface area contributed by atoms with E-state index in [9.17, 15) is 18.0 Å². The predicted octanol–water partition coefficient (Wildman–Crippen LogP) is 6.14. The number of benzene rings is 1. The number of alkyl halides is 3. The van der Waals surface area contributed by atoms with Crippen molar-refractivity contribution in [2.24, 2.45) is 0 Å². The molecular weight excluding hydrogens is 499 g/mol. The highest BCUT2D eigenvalue weighted by Gasteiger charge is 2.43. The summed E-state index contributed by atoms with van der Waals surface area (Å²) in [4.78, 5) is 18.8. The Morgan fingerprint density at radius 2 is 1.79 bits per heavy atom. The van der Waals surface area contributed by atoms with Crippen molar-refractivity contribution in [3.63, 3.8) is 0 Å². The van der Waals surface area contributed by atoms with Crippen LogP contribution >= 0.6 is 0 Å². The fraction of sp³-hybridized carbons (Fsp3) is 0.464. The molecule has 200 valence electrons. The first-order chi connectivity index (χ1) is 18.3. The lowest BCUT2D eigenvalue weighted by Crippen LogP contribution is -2.46. The minimum atomic E-state index is -4.50. The summed E-state index contributed by atoms with van der Waals surface area (Å²) in [5.74, 6) is 1.10. The van der Waals surface area contributed by atoms with Crippen molar-refractivity contribution >= 4 is 11.8 Å². The van der Waals surface area contributed by atoms with E-state index >= 15 is 0 Å². The zero-order valence-electron chi connectivity index (χ0n) is 20.9. The maximum Gasteiger partial charge on any atom is 0.417 e. The molecule has 0 amide bonds. The van der Waals surface area contributed by atoms with Crippen molar-refractivity contribution in [1.82, 2.24) is 10.1 Å².